The fraction of sp³-hybridized carbons (Fsp3) is 0.368. The van der Waals surface area contributed by atoms with Crippen molar-refractivity contribution < 1.29 is 19.5 Å². The van der Waals surface area contributed by atoms with E-state index in [-0.39, 0.29) is 37.8 Å². The highest BCUT2D eigenvalue weighted by molar-refractivity contribution is 14.1. The molecule has 2 amide bonds. The van der Waals surface area contributed by atoms with Gasteiger partial charge in [-0.15, -0.1) is 0 Å². The molecule has 0 aliphatic carbocycles. The van der Waals surface area contributed by atoms with Gasteiger partial charge in [-0.3, -0.25) is 14.5 Å². The molecule has 2 saturated heterocycles. The molecule has 1 aromatic carbocycles. The van der Waals surface area contributed by atoms with Gasteiger partial charge in [0.25, 0.3) is 5.91 Å². The highest BCUT2D eigenvalue weighted by Crippen LogP contribution is 2.25. The predicted octanol–water partition coefficient (Wildman–Crippen LogP) is 2.45. The number of nitrogens with zero attached hydrogens (tertiary/aromatic N) is 3. The maximum absolute atomic E-state index is 12.9. The van der Waals surface area contributed by atoms with Gasteiger partial charge < -0.3 is 14.2 Å². The zero-order valence-electron chi connectivity index (χ0n) is 17.9. The first-order valence-electron chi connectivity index (χ1n) is 10.3. The summed E-state index contributed by atoms with van der Waals surface area (Å²) in [7, 11) is 0. The van der Waals surface area contributed by atoms with Gasteiger partial charge in [-0.2, -0.15) is 0 Å². The van der Waals surface area contributed by atoms with Gasteiger partial charge in [-0.25, -0.2) is 0 Å². The minimum Gasteiger partial charge on any atom is -0.459 e. The van der Waals surface area contributed by atoms with Gasteiger partial charge in [0.05, 0.1) is 7.63 Å². The molecule has 7 heteroatoms. The molecule has 136 valence electrons. The SMILES string of the molecule is [2H]C1N(c2ccc(I)cc2)C(=O)C([2H])([2H])C1([2H])N1CCN(C(=O)c2ccco2)CC1. The van der Waals surface area contributed by atoms with Gasteiger partial charge in [0.15, 0.2) is 5.76 Å². The number of carbonyl (C=O) groups excluding carboxylic acids is 2. The molecule has 26 heavy (non-hydrogen) atoms. The largest absolute Gasteiger partial charge is 0.459 e. The van der Waals surface area contributed by atoms with Gasteiger partial charge in [0, 0.05) is 58.5 Å². The van der Waals surface area contributed by atoms with Crippen LogP contribution in [-0.2, 0) is 4.79 Å². The first-order valence-corrected chi connectivity index (χ1v) is 9.35. The summed E-state index contributed by atoms with van der Waals surface area (Å²) in [5.74, 6) is -0.946. The molecule has 2 aromatic rings. The van der Waals surface area contributed by atoms with Crippen LogP contribution in [0.15, 0.2) is 47.1 Å². The third-order valence-corrected chi connectivity index (χ3v) is 5.17. The van der Waals surface area contributed by atoms with E-state index >= 15 is 0 Å². The summed E-state index contributed by atoms with van der Waals surface area (Å²) in [5, 5.41) is 0. The number of anilines is 1. The van der Waals surface area contributed by atoms with E-state index in [0.717, 1.165) is 8.47 Å². The standard InChI is InChI=1S/C19H20IN3O3/c20-14-3-5-15(6-4-14)23-13-16(12-18(23)24)21-7-9-22(10-8-21)19(25)17-2-1-11-26-17/h1-6,11,16H,7-10,12-13H2/i12D2,13D,16D. The third-order valence-electron chi connectivity index (χ3n) is 4.45. The highest BCUT2D eigenvalue weighted by Gasteiger charge is 2.36. The van der Waals surface area contributed by atoms with E-state index in [9.17, 15) is 9.59 Å². The van der Waals surface area contributed by atoms with E-state index < -0.39 is 24.8 Å². The van der Waals surface area contributed by atoms with Crippen LogP contribution < -0.4 is 4.90 Å². The van der Waals surface area contributed by atoms with Crippen LogP contribution in [0.4, 0.5) is 5.69 Å². The van der Waals surface area contributed by atoms with Crippen molar-refractivity contribution in [2.24, 2.45) is 0 Å². The lowest BCUT2D eigenvalue weighted by molar-refractivity contribution is -0.117. The van der Waals surface area contributed by atoms with Crippen molar-refractivity contribution in [2.75, 3.05) is 37.6 Å². The molecule has 0 bridgehead atoms. The van der Waals surface area contributed by atoms with Crippen LogP contribution in [0.3, 0.4) is 0 Å². The third kappa shape index (κ3) is 3.50. The van der Waals surface area contributed by atoms with E-state index in [2.05, 4.69) is 22.6 Å². The topological polar surface area (TPSA) is 57.0 Å². The molecule has 2 unspecified atom stereocenters. The van der Waals surface area contributed by atoms with Gasteiger partial charge in [0.2, 0.25) is 5.91 Å². The van der Waals surface area contributed by atoms with Gasteiger partial charge in [0.1, 0.15) is 0 Å². The Morgan fingerprint density at radius 2 is 1.92 bits per heavy atom. The Hall–Kier alpha value is -1.87. The number of rotatable bonds is 3. The minimum atomic E-state index is -2.57. The maximum atomic E-state index is 12.9. The summed E-state index contributed by atoms with van der Waals surface area (Å²) >= 11 is 2.12. The van der Waals surface area contributed by atoms with Crippen molar-refractivity contribution in [3.05, 3.63) is 52.0 Å². The van der Waals surface area contributed by atoms with Crippen LogP contribution >= 0.6 is 22.6 Å². The van der Waals surface area contributed by atoms with Gasteiger partial charge in [-0.05, 0) is 59.0 Å². The zero-order valence-corrected chi connectivity index (χ0v) is 16.0. The Kier molecular flexibility index (Phi) is 3.79. The lowest BCUT2D eigenvalue weighted by Crippen LogP contribution is -2.52. The Balaban J connectivity index is 1.56. The fourth-order valence-electron chi connectivity index (χ4n) is 3.04. The van der Waals surface area contributed by atoms with Crippen LogP contribution in [-0.4, -0.2) is 60.3 Å². The molecule has 0 spiro atoms. The van der Waals surface area contributed by atoms with Crippen molar-refractivity contribution in [1.82, 2.24) is 9.80 Å². The Morgan fingerprint density at radius 1 is 1.19 bits per heavy atom. The number of amides is 2. The Labute approximate surface area is 171 Å². The number of furan rings is 1. The van der Waals surface area contributed by atoms with Crippen molar-refractivity contribution in [3.8, 4) is 0 Å². The van der Waals surface area contributed by atoms with Crippen LogP contribution in [0.5, 0.6) is 0 Å². The molecule has 2 atom stereocenters. The molecule has 0 N–H and O–H groups in total. The molecule has 6 nitrogen and oxygen atoms in total. The molecule has 3 heterocycles. The second-order valence-electron chi connectivity index (χ2n) is 6.05. The maximum Gasteiger partial charge on any atom is 0.289 e. The van der Waals surface area contributed by atoms with Crippen LogP contribution in [0.2, 0.25) is 0 Å². The number of halogens is 1. The lowest BCUT2D eigenvalue weighted by atomic mass is 10.2. The van der Waals surface area contributed by atoms with Crippen LogP contribution in [0.25, 0.3) is 0 Å². The van der Waals surface area contributed by atoms with E-state index in [1.54, 1.807) is 41.3 Å². The average Bonchev–Trinajstić information content (AvgIpc) is 3.32. The number of hydrogen-bond acceptors (Lipinski definition) is 4. The van der Waals surface area contributed by atoms with Crippen molar-refractivity contribution in [3.63, 3.8) is 0 Å². The summed E-state index contributed by atoms with van der Waals surface area (Å²) in [5.41, 5.74) is 0.394. The average molecular weight is 469 g/mol. The molecular formula is C19H20IN3O3. The molecule has 2 aliphatic heterocycles. The first kappa shape index (κ1) is 13.3. The summed E-state index contributed by atoms with van der Waals surface area (Å²) in [4.78, 5) is 29.5. The number of piperazine rings is 1. The molecule has 2 aliphatic rings. The van der Waals surface area contributed by atoms with Gasteiger partial charge in [-0.1, -0.05) is 0 Å². The number of benzene rings is 1. The van der Waals surface area contributed by atoms with Crippen molar-refractivity contribution >= 4 is 40.1 Å². The summed E-state index contributed by atoms with van der Waals surface area (Å²) in [6, 6.07) is 7.96. The fourth-order valence-corrected chi connectivity index (χ4v) is 3.40. The van der Waals surface area contributed by atoms with E-state index in [1.807, 2.05) is 0 Å². The lowest BCUT2D eigenvalue weighted by Gasteiger charge is -2.37. The second kappa shape index (κ2) is 7.40. The van der Waals surface area contributed by atoms with E-state index in [1.165, 1.54) is 11.2 Å². The monoisotopic (exact) mass is 469 g/mol. The first-order chi connectivity index (χ1) is 14.2. The summed E-state index contributed by atoms with van der Waals surface area (Å²) in [6.07, 6.45) is -1.15. The Morgan fingerprint density at radius 3 is 2.58 bits per heavy atom. The van der Waals surface area contributed by atoms with Crippen LogP contribution in [0.1, 0.15) is 22.4 Å². The molecule has 1 aromatic heterocycles. The molecular weight excluding hydrogens is 445 g/mol. The van der Waals surface area contributed by atoms with Gasteiger partial charge >= 0.3 is 0 Å². The van der Waals surface area contributed by atoms with Crippen LogP contribution in [0, 0.1) is 3.57 Å². The second-order valence-corrected chi connectivity index (χ2v) is 7.29. The quantitative estimate of drug-likeness (QED) is 0.649. The molecule has 4 rings (SSSR count). The number of hydrogen-bond donors (Lipinski definition) is 0. The van der Waals surface area contributed by atoms with Crippen molar-refractivity contribution in [2.45, 2.75) is 12.4 Å². The molecule has 2 fully saturated rings. The summed E-state index contributed by atoms with van der Waals surface area (Å²) < 4.78 is 40.5. The summed E-state index contributed by atoms with van der Waals surface area (Å²) in [6.45, 7) is -0.592. The predicted molar refractivity (Wildman–Crippen MR) is 106 cm³/mol. The Bertz CT molecular complexity index is 948. The molecule has 0 saturated carbocycles. The number of carbonyl (C=O) groups is 2. The minimum absolute atomic E-state index is 0.179. The van der Waals surface area contributed by atoms with E-state index in [4.69, 9.17) is 9.90 Å². The highest BCUT2D eigenvalue weighted by atomic mass is 127. The molecule has 0 radical (unpaired) electrons. The van der Waals surface area contributed by atoms with E-state index in [0.29, 0.717) is 5.69 Å². The smallest absolute Gasteiger partial charge is 0.289 e. The van der Waals surface area contributed by atoms with Crippen molar-refractivity contribution in [1.29, 1.82) is 0 Å². The normalized spacial score (nSPS) is 31.3. The zero-order chi connectivity index (χ0) is 21.7.